The van der Waals surface area contributed by atoms with Crippen molar-refractivity contribution in [2.24, 2.45) is 11.7 Å². The Bertz CT molecular complexity index is 895. The highest BCUT2D eigenvalue weighted by Crippen LogP contribution is 2.28. The van der Waals surface area contributed by atoms with Crippen LogP contribution in [0, 0.1) is 5.92 Å². The summed E-state index contributed by atoms with van der Waals surface area (Å²) in [5, 5.41) is 0. The number of sulfonamides is 1. The molecule has 2 aromatic rings. The molecule has 0 aliphatic rings. The molecule has 0 spiro atoms. The van der Waals surface area contributed by atoms with E-state index in [-0.39, 0.29) is 4.90 Å². The third kappa shape index (κ3) is 5.21. The van der Waals surface area contributed by atoms with E-state index in [0.717, 1.165) is 11.1 Å². The number of carbonyl (C=O) groups is 1. The molecule has 0 aliphatic carbocycles. The van der Waals surface area contributed by atoms with Crippen molar-refractivity contribution in [1.82, 2.24) is 4.72 Å². The van der Waals surface area contributed by atoms with Crippen LogP contribution in [0.4, 0.5) is 0 Å². The fourth-order valence-corrected chi connectivity index (χ4v) is 3.63. The number of hydrogen-bond acceptors (Lipinski definition) is 6. The zero-order valence-electron chi connectivity index (χ0n) is 15.6. The Morgan fingerprint density at radius 1 is 1.04 bits per heavy atom. The third-order valence-corrected chi connectivity index (χ3v) is 5.50. The van der Waals surface area contributed by atoms with Crippen molar-refractivity contribution in [2.75, 3.05) is 14.2 Å². The Morgan fingerprint density at radius 3 is 2.19 bits per heavy atom. The highest BCUT2D eigenvalue weighted by Gasteiger charge is 2.22. The molecule has 8 heteroatoms. The number of hydrogen-bond donors (Lipinski definition) is 2. The molecule has 1 amide bonds. The molecule has 2 aromatic carbocycles. The number of benzene rings is 2. The quantitative estimate of drug-likeness (QED) is 0.710. The predicted molar refractivity (Wildman–Crippen MR) is 102 cm³/mol. The second-order valence-electron chi connectivity index (χ2n) is 6.11. The minimum absolute atomic E-state index is 0.0198. The first-order chi connectivity index (χ1) is 12.8. The smallest absolute Gasteiger partial charge is 0.264 e. The first kappa shape index (κ1) is 20.7. The summed E-state index contributed by atoms with van der Waals surface area (Å²) in [4.78, 5) is 12.4. The monoisotopic (exact) mass is 392 g/mol. The first-order valence-electron chi connectivity index (χ1n) is 8.37. The number of nitrogens with one attached hydrogen (secondary N) is 1. The topological polar surface area (TPSA) is 108 Å². The van der Waals surface area contributed by atoms with E-state index in [9.17, 15) is 13.2 Å². The molecule has 0 heterocycles. The van der Waals surface area contributed by atoms with Crippen molar-refractivity contribution in [3.05, 3.63) is 53.6 Å². The first-order valence-corrected chi connectivity index (χ1v) is 9.85. The molecular formula is C19H24N2O5S. The normalized spacial score (nSPS) is 12.3. The molecule has 2 rings (SSSR count). The highest BCUT2D eigenvalue weighted by molar-refractivity contribution is 7.90. The van der Waals surface area contributed by atoms with Crippen molar-refractivity contribution in [1.29, 1.82) is 0 Å². The zero-order valence-corrected chi connectivity index (χ0v) is 16.4. The Morgan fingerprint density at radius 2 is 1.63 bits per heavy atom. The van der Waals surface area contributed by atoms with Gasteiger partial charge in [-0.15, -0.1) is 0 Å². The van der Waals surface area contributed by atoms with Crippen LogP contribution < -0.4 is 19.9 Å². The predicted octanol–water partition coefficient (Wildman–Crippen LogP) is 1.85. The van der Waals surface area contributed by atoms with E-state index in [4.69, 9.17) is 15.2 Å². The molecule has 3 N–H and O–H groups in total. The number of ether oxygens (including phenoxy) is 2. The van der Waals surface area contributed by atoms with E-state index in [1.807, 2.05) is 6.07 Å². The van der Waals surface area contributed by atoms with Gasteiger partial charge in [0.2, 0.25) is 5.91 Å². The molecule has 0 saturated carbocycles. The summed E-state index contributed by atoms with van der Waals surface area (Å²) in [6.45, 7) is 1.98. The molecule has 146 valence electrons. The van der Waals surface area contributed by atoms with Crippen molar-refractivity contribution in [3.63, 3.8) is 0 Å². The average molecular weight is 392 g/mol. The van der Waals surface area contributed by atoms with E-state index in [1.54, 1.807) is 38.3 Å². The minimum atomic E-state index is -3.93. The zero-order chi connectivity index (χ0) is 20.0. The number of rotatable bonds is 8. The van der Waals surface area contributed by atoms with Crippen LogP contribution in [0.1, 0.15) is 18.1 Å². The number of carbonyl (C=O) groups excluding carboxylic acids is 1. The van der Waals surface area contributed by atoms with E-state index in [2.05, 4.69) is 4.72 Å². The summed E-state index contributed by atoms with van der Waals surface area (Å²) in [6, 6.07) is 11.4. The third-order valence-electron chi connectivity index (χ3n) is 4.14. The van der Waals surface area contributed by atoms with Gasteiger partial charge in [0, 0.05) is 12.5 Å². The Labute approximate surface area is 159 Å². The van der Waals surface area contributed by atoms with Gasteiger partial charge in [-0.05, 0) is 41.8 Å². The van der Waals surface area contributed by atoms with Crippen molar-refractivity contribution in [3.8, 4) is 11.5 Å². The van der Waals surface area contributed by atoms with Crippen LogP contribution >= 0.6 is 0 Å². The van der Waals surface area contributed by atoms with Gasteiger partial charge in [0.25, 0.3) is 10.0 Å². The molecule has 0 radical (unpaired) electrons. The van der Waals surface area contributed by atoms with E-state index in [1.165, 1.54) is 19.2 Å². The Balaban J connectivity index is 2.08. The minimum Gasteiger partial charge on any atom is -0.493 e. The van der Waals surface area contributed by atoms with E-state index >= 15 is 0 Å². The van der Waals surface area contributed by atoms with E-state index < -0.39 is 21.8 Å². The lowest BCUT2D eigenvalue weighted by Crippen LogP contribution is -2.35. The molecule has 1 atom stereocenters. The van der Waals surface area contributed by atoms with E-state index in [0.29, 0.717) is 24.5 Å². The largest absolute Gasteiger partial charge is 0.493 e. The fourth-order valence-electron chi connectivity index (χ4n) is 2.55. The molecular weight excluding hydrogens is 368 g/mol. The second-order valence-corrected chi connectivity index (χ2v) is 7.79. The molecule has 0 aromatic heterocycles. The lowest BCUT2D eigenvalue weighted by molar-refractivity contribution is -0.122. The van der Waals surface area contributed by atoms with Gasteiger partial charge in [0.05, 0.1) is 19.1 Å². The highest BCUT2D eigenvalue weighted by atomic mass is 32.2. The lowest BCUT2D eigenvalue weighted by atomic mass is 10.0. The van der Waals surface area contributed by atoms with Crippen LogP contribution in [0.3, 0.4) is 0 Å². The molecule has 0 aliphatic heterocycles. The maximum absolute atomic E-state index is 12.4. The number of amides is 1. The average Bonchev–Trinajstić information content (AvgIpc) is 2.67. The van der Waals surface area contributed by atoms with Crippen molar-refractivity contribution < 1.29 is 22.7 Å². The number of methoxy groups -OCH3 is 2. The van der Waals surface area contributed by atoms with Gasteiger partial charge in [-0.2, -0.15) is 0 Å². The molecule has 0 saturated heterocycles. The van der Waals surface area contributed by atoms with Gasteiger partial charge in [-0.1, -0.05) is 25.1 Å². The standard InChI is InChI=1S/C19H24N2O5S/c1-13(10-15-6-9-17(25-2)18(11-15)26-3)19(22)21-27(23,24)16-7-4-14(12-20)5-8-16/h4-9,11,13H,10,12,20H2,1-3H3,(H,21,22). The molecule has 0 bridgehead atoms. The lowest BCUT2D eigenvalue weighted by Gasteiger charge is -2.14. The van der Waals surface area contributed by atoms with Crippen LogP contribution in [0.2, 0.25) is 0 Å². The van der Waals surface area contributed by atoms with Gasteiger partial charge in [-0.3, -0.25) is 4.79 Å². The Hall–Kier alpha value is -2.58. The maximum Gasteiger partial charge on any atom is 0.264 e. The van der Waals surface area contributed by atoms with Crippen LogP contribution in [0.15, 0.2) is 47.4 Å². The Kier molecular flexibility index (Phi) is 6.81. The summed E-state index contributed by atoms with van der Waals surface area (Å²) in [5.41, 5.74) is 7.15. The van der Waals surface area contributed by atoms with Gasteiger partial charge >= 0.3 is 0 Å². The second kappa shape index (κ2) is 8.88. The van der Waals surface area contributed by atoms with Crippen LogP contribution in [-0.4, -0.2) is 28.5 Å². The summed E-state index contributed by atoms with van der Waals surface area (Å²) in [5.74, 6) is 0.00552. The summed E-state index contributed by atoms with van der Waals surface area (Å²) in [7, 11) is -0.862. The molecule has 27 heavy (non-hydrogen) atoms. The summed E-state index contributed by atoms with van der Waals surface area (Å²) in [6.07, 6.45) is 0.355. The van der Waals surface area contributed by atoms with Crippen molar-refractivity contribution >= 4 is 15.9 Å². The fraction of sp³-hybridized carbons (Fsp3) is 0.316. The maximum atomic E-state index is 12.4. The van der Waals surface area contributed by atoms with Gasteiger partial charge in [0.1, 0.15) is 0 Å². The molecule has 1 unspecified atom stereocenters. The van der Waals surface area contributed by atoms with Gasteiger partial charge < -0.3 is 15.2 Å². The van der Waals surface area contributed by atoms with Crippen LogP contribution in [0.5, 0.6) is 11.5 Å². The molecule has 0 fully saturated rings. The van der Waals surface area contributed by atoms with Crippen molar-refractivity contribution in [2.45, 2.75) is 24.8 Å². The number of nitrogens with two attached hydrogens (primary N) is 1. The van der Waals surface area contributed by atoms with Crippen LogP contribution in [0.25, 0.3) is 0 Å². The summed E-state index contributed by atoms with van der Waals surface area (Å²) < 4.78 is 37.3. The van der Waals surface area contributed by atoms with Crippen LogP contribution in [-0.2, 0) is 27.8 Å². The SMILES string of the molecule is COc1ccc(CC(C)C(=O)NS(=O)(=O)c2ccc(CN)cc2)cc1OC. The van der Waals surface area contributed by atoms with Gasteiger partial charge in [0.15, 0.2) is 11.5 Å². The van der Waals surface area contributed by atoms with Gasteiger partial charge in [-0.25, -0.2) is 13.1 Å². The molecule has 7 nitrogen and oxygen atoms in total. The summed E-state index contributed by atoms with van der Waals surface area (Å²) >= 11 is 0.